The Morgan fingerprint density at radius 1 is 0.660 bits per heavy atom. The highest BCUT2D eigenvalue weighted by Gasteiger charge is 2.42. The largest absolute Gasteiger partial charge is 0.384 e. The number of amides is 3. The Morgan fingerprint density at radius 2 is 1.15 bits per heavy atom. The van der Waals surface area contributed by atoms with Gasteiger partial charge in [0.2, 0.25) is 11.8 Å². The molecule has 14 heteroatoms. The number of fused-ring (bicyclic) bond motifs is 2. The van der Waals surface area contributed by atoms with Crippen LogP contribution in [0.3, 0.4) is 0 Å². The van der Waals surface area contributed by atoms with Gasteiger partial charge in [-0.3, -0.25) is 25.2 Å². The van der Waals surface area contributed by atoms with E-state index in [1.165, 1.54) is 0 Å². The number of carbonyl (C=O) groups excluding carboxylic acids is 3. The number of benzene rings is 4. The summed E-state index contributed by atoms with van der Waals surface area (Å²) >= 11 is 0. The molecule has 2 atom stereocenters. The zero-order valence-corrected chi connectivity index (χ0v) is 28.6. The lowest BCUT2D eigenvalue weighted by atomic mass is 10.1. The molecule has 9 N–H and O–H groups in total. The molecule has 14 nitrogen and oxygen atoms in total. The van der Waals surface area contributed by atoms with Crippen molar-refractivity contribution in [2.24, 2.45) is 11.5 Å². The molecule has 4 heterocycles. The van der Waals surface area contributed by atoms with Crippen LogP contribution in [0.25, 0.3) is 44.8 Å². The number of H-pyrrole nitrogens is 2. The lowest BCUT2D eigenvalue weighted by Gasteiger charge is -2.31. The molecule has 4 aromatic carbocycles. The molecule has 2 fully saturated rings. The zero-order chi connectivity index (χ0) is 36.8. The third-order valence-corrected chi connectivity index (χ3v) is 10.1. The predicted octanol–water partition coefficient (Wildman–Crippen LogP) is 4.58. The van der Waals surface area contributed by atoms with E-state index in [2.05, 4.69) is 25.3 Å². The molecular weight excluding hydrogens is 671 g/mol. The van der Waals surface area contributed by atoms with Crippen molar-refractivity contribution in [3.8, 4) is 22.8 Å². The van der Waals surface area contributed by atoms with E-state index >= 15 is 0 Å². The first-order valence-corrected chi connectivity index (χ1v) is 17.4. The van der Waals surface area contributed by atoms with E-state index in [1.54, 1.807) is 64.4 Å². The van der Waals surface area contributed by atoms with E-state index < -0.39 is 12.1 Å². The van der Waals surface area contributed by atoms with Gasteiger partial charge in [-0.25, -0.2) is 9.97 Å². The van der Waals surface area contributed by atoms with Gasteiger partial charge in [-0.05, 0) is 98.5 Å². The zero-order valence-electron chi connectivity index (χ0n) is 28.6. The van der Waals surface area contributed by atoms with E-state index in [9.17, 15) is 14.4 Å². The van der Waals surface area contributed by atoms with Gasteiger partial charge in [0.15, 0.2) is 0 Å². The fraction of sp³-hybridized carbons (Fsp3) is 0.205. The summed E-state index contributed by atoms with van der Waals surface area (Å²) in [4.78, 5) is 60.3. The minimum Gasteiger partial charge on any atom is -0.384 e. The normalized spacial score (nSPS) is 17.1. The van der Waals surface area contributed by atoms with Crippen LogP contribution in [-0.4, -0.2) is 84.3 Å². The molecule has 0 radical (unpaired) electrons. The number of carbonyl (C=O) groups is 3. The Hall–Kier alpha value is -6.83. The van der Waals surface area contributed by atoms with Gasteiger partial charge in [0.05, 0.1) is 22.1 Å². The number of likely N-dealkylation sites (tertiary alicyclic amines) is 2. The molecule has 0 spiro atoms. The molecule has 0 unspecified atom stereocenters. The van der Waals surface area contributed by atoms with Gasteiger partial charge >= 0.3 is 0 Å². The van der Waals surface area contributed by atoms with Gasteiger partial charge in [-0.15, -0.1) is 0 Å². The first-order chi connectivity index (χ1) is 25.6. The van der Waals surface area contributed by atoms with Crippen LogP contribution >= 0.6 is 0 Å². The summed E-state index contributed by atoms with van der Waals surface area (Å²) in [5, 5.41) is 18.3. The number of amidine groups is 2. The minimum atomic E-state index is -0.643. The van der Waals surface area contributed by atoms with Crippen molar-refractivity contribution in [3.63, 3.8) is 0 Å². The van der Waals surface area contributed by atoms with Crippen molar-refractivity contribution < 1.29 is 14.4 Å². The highest BCUT2D eigenvalue weighted by atomic mass is 16.2. The first-order valence-electron chi connectivity index (χ1n) is 17.4. The summed E-state index contributed by atoms with van der Waals surface area (Å²) in [6.45, 7) is 0.908. The number of aromatic amines is 2. The van der Waals surface area contributed by atoms with Crippen molar-refractivity contribution in [3.05, 3.63) is 102 Å². The van der Waals surface area contributed by atoms with Crippen LogP contribution in [0.5, 0.6) is 0 Å². The molecule has 53 heavy (non-hydrogen) atoms. The maximum Gasteiger partial charge on any atom is 0.254 e. The van der Waals surface area contributed by atoms with Crippen molar-refractivity contribution in [2.75, 3.05) is 18.4 Å². The number of anilines is 1. The van der Waals surface area contributed by atoms with E-state index in [0.29, 0.717) is 72.8 Å². The maximum atomic E-state index is 14.0. The molecule has 0 saturated carbocycles. The molecule has 2 aliphatic heterocycles. The van der Waals surface area contributed by atoms with Gasteiger partial charge in [-0.2, -0.15) is 0 Å². The molecular formula is C39H37N11O3. The molecule has 2 saturated heterocycles. The highest BCUT2D eigenvalue weighted by molar-refractivity contribution is 6.02. The molecule has 8 rings (SSSR count). The van der Waals surface area contributed by atoms with Crippen LogP contribution in [0.15, 0.2) is 84.9 Å². The molecule has 2 aromatic heterocycles. The van der Waals surface area contributed by atoms with Crippen LogP contribution in [0.2, 0.25) is 0 Å². The van der Waals surface area contributed by atoms with Gasteiger partial charge in [-0.1, -0.05) is 12.1 Å². The Morgan fingerprint density at radius 3 is 1.70 bits per heavy atom. The summed E-state index contributed by atoms with van der Waals surface area (Å²) in [7, 11) is 0. The smallest absolute Gasteiger partial charge is 0.254 e. The summed E-state index contributed by atoms with van der Waals surface area (Å²) in [5.74, 6) is 0.530. The third kappa shape index (κ3) is 6.35. The number of nitrogens with zero attached hydrogens (tertiary/aromatic N) is 4. The SMILES string of the molecule is N=C(N)c1ccc2nc(-c3ccc(NC(=O)[C@@H]4CCCN4C(=O)[C@@H]4CCCN4C(=O)c4ccc(-c5nc6ccc(C(=N)N)cc6[nH]5)cc4)cc3)[nH]c2c1. The third-order valence-electron chi connectivity index (χ3n) is 10.1. The Kier molecular flexibility index (Phi) is 8.41. The molecule has 3 amide bonds. The lowest BCUT2D eigenvalue weighted by molar-refractivity contribution is -0.139. The van der Waals surface area contributed by atoms with Crippen LogP contribution in [0.1, 0.15) is 47.2 Å². The molecule has 0 aliphatic carbocycles. The molecule has 266 valence electrons. The standard InChI is InChI=1S/C39H37N11O3/c40-33(41)24-11-15-27-29(19-24)47-35(45-27)21-5-7-23(8-6-21)38(52)50-18-2-4-32(50)39(53)49-17-1-3-31(49)37(51)44-26-13-9-22(10-14-26)36-46-28-16-12-25(34(42)43)20-30(28)48-36/h5-16,19-20,31-32H,1-4,17-18H2,(H3,40,41)(H3,42,43)(H,44,51)(H,45,47)(H,46,48)/t31-,32-/m0/s1. The molecule has 2 aliphatic rings. The first kappa shape index (κ1) is 33.3. The van der Waals surface area contributed by atoms with Gasteiger partial charge in [0, 0.05) is 46.6 Å². The number of hydrogen-bond donors (Lipinski definition) is 7. The van der Waals surface area contributed by atoms with E-state index in [1.807, 2.05) is 30.3 Å². The maximum absolute atomic E-state index is 14.0. The van der Waals surface area contributed by atoms with E-state index in [0.717, 1.165) is 33.2 Å². The number of nitrogens with two attached hydrogens (primary N) is 2. The van der Waals surface area contributed by atoms with E-state index in [-0.39, 0.29) is 29.4 Å². The minimum absolute atomic E-state index is 0.0187. The van der Waals surface area contributed by atoms with Gasteiger partial charge < -0.3 is 36.6 Å². The number of rotatable bonds is 8. The Balaban J connectivity index is 0.919. The second-order valence-corrected chi connectivity index (χ2v) is 13.5. The van der Waals surface area contributed by atoms with Gasteiger partial charge in [0.1, 0.15) is 35.4 Å². The molecule has 0 bridgehead atoms. The van der Waals surface area contributed by atoms with Crippen molar-refractivity contribution in [1.29, 1.82) is 10.8 Å². The number of nitrogen functional groups attached to an aromatic ring is 2. The summed E-state index contributed by atoms with van der Waals surface area (Å²) in [6.07, 6.45) is 2.46. The number of hydrogen-bond acceptors (Lipinski definition) is 7. The van der Waals surface area contributed by atoms with Crippen molar-refractivity contribution in [1.82, 2.24) is 29.7 Å². The molecule has 6 aromatic rings. The average molecular weight is 708 g/mol. The average Bonchev–Trinajstić information content (AvgIpc) is 3.99. The second-order valence-electron chi connectivity index (χ2n) is 13.5. The summed E-state index contributed by atoms with van der Waals surface area (Å²) in [6, 6.07) is 23.8. The van der Waals surface area contributed by atoms with Crippen molar-refractivity contribution >= 4 is 57.1 Å². The summed E-state index contributed by atoms with van der Waals surface area (Å²) in [5.41, 5.74) is 18.1. The Bertz CT molecular complexity index is 2430. The van der Waals surface area contributed by atoms with Crippen LogP contribution < -0.4 is 16.8 Å². The number of aromatic nitrogens is 4. The fourth-order valence-electron chi connectivity index (χ4n) is 7.26. The van der Waals surface area contributed by atoms with Crippen molar-refractivity contribution in [2.45, 2.75) is 37.8 Å². The quantitative estimate of drug-likeness (QED) is 0.0880. The van der Waals surface area contributed by atoms with E-state index in [4.69, 9.17) is 22.3 Å². The van der Waals surface area contributed by atoms with Crippen LogP contribution in [-0.2, 0) is 9.59 Å². The summed E-state index contributed by atoms with van der Waals surface area (Å²) < 4.78 is 0. The lowest BCUT2D eigenvalue weighted by Crippen LogP contribution is -2.51. The monoisotopic (exact) mass is 707 g/mol. The highest BCUT2D eigenvalue weighted by Crippen LogP contribution is 2.29. The van der Waals surface area contributed by atoms with Gasteiger partial charge in [0.25, 0.3) is 5.91 Å². The fourth-order valence-corrected chi connectivity index (χ4v) is 7.26. The number of nitrogens with one attached hydrogen (secondary N) is 5. The second kappa shape index (κ2) is 13.4. The topological polar surface area (TPSA) is 227 Å². The van der Waals surface area contributed by atoms with Crippen LogP contribution in [0, 0.1) is 10.8 Å². The van der Waals surface area contributed by atoms with Crippen LogP contribution in [0.4, 0.5) is 5.69 Å². The predicted molar refractivity (Wildman–Crippen MR) is 203 cm³/mol. The Labute approximate surface area is 303 Å². The number of imidazole rings is 2.